The summed E-state index contributed by atoms with van der Waals surface area (Å²) >= 11 is 7.81. The highest BCUT2D eigenvalue weighted by Crippen LogP contribution is 2.41. The molecule has 2 aromatic rings. The van der Waals surface area contributed by atoms with Crippen LogP contribution >= 0.6 is 22.9 Å². The Bertz CT molecular complexity index is 900. The zero-order valence-electron chi connectivity index (χ0n) is 14.5. The predicted octanol–water partition coefficient (Wildman–Crippen LogP) is 3.95. The molecule has 1 aromatic heterocycles. The van der Waals surface area contributed by atoms with Crippen molar-refractivity contribution in [3.63, 3.8) is 0 Å². The van der Waals surface area contributed by atoms with E-state index in [2.05, 4.69) is 17.6 Å². The van der Waals surface area contributed by atoms with E-state index in [-0.39, 0.29) is 11.8 Å². The largest absolute Gasteiger partial charge is 0.405 e. The summed E-state index contributed by atoms with van der Waals surface area (Å²) < 4.78 is 0.733. The zero-order chi connectivity index (χ0) is 18.7. The normalized spacial score (nSPS) is 17.4. The fraction of sp³-hybridized carbons (Fsp3) is 0.200. The van der Waals surface area contributed by atoms with Crippen molar-refractivity contribution in [3.8, 4) is 0 Å². The van der Waals surface area contributed by atoms with E-state index in [0.717, 1.165) is 26.1 Å². The highest BCUT2D eigenvalue weighted by atomic mass is 35.5. The van der Waals surface area contributed by atoms with Gasteiger partial charge in [0.15, 0.2) is 0 Å². The molecule has 1 amide bonds. The van der Waals surface area contributed by atoms with E-state index in [0.29, 0.717) is 13.1 Å². The first kappa shape index (κ1) is 18.4. The molecule has 1 aliphatic rings. The van der Waals surface area contributed by atoms with E-state index >= 15 is 0 Å². The van der Waals surface area contributed by atoms with Crippen molar-refractivity contribution >= 4 is 34.6 Å². The van der Waals surface area contributed by atoms with Crippen molar-refractivity contribution in [1.82, 2.24) is 4.90 Å². The van der Waals surface area contributed by atoms with Crippen LogP contribution in [0.5, 0.6) is 0 Å². The number of halogens is 1. The molecule has 0 unspecified atom stereocenters. The van der Waals surface area contributed by atoms with Gasteiger partial charge >= 0.3 is 0 Å². The molecular formula is C20H20ClN3OS. The van der Waals surface area contributed by atoms with E-state index in [9.17, 15) is 4.79 Å². The molecule has 0 radical (unpaired) electrons. The van der Waals surface area contributed by atoms with Crippen molar-refractivity contribution in [2.75, 3.05) is 13.6 Å². The first-order valence-corrected chi connectivity index (χ1v) is 9.42. The Morgan fingerprint density at radius 2 is 2.19 bits per heavy atom. The molecule has 3 rings (SSSR count). The van der Waals surface area contributed by atoms with Crippen LogP contribution in [0.15, 0.2) is 60.3 Å². The van der Waals surface area contributed by atoms with E-state index < -0.39 is 0 Å². The lowest BCUT2D eigenvalue weighted by Gasteiger charge is -2.33. The molecule has 134 valence electrons. The third-order valence-electron chi connectivity index (χ3n) is 4.52. The maximum atomic E-state index is 12.3. The lowest BCUT2D eigenvalue weighted by molar-refractivity contribution is -0.127. The van der Waals surface area contributed by atoms with E-state index in [1.54, 1.807) is 13.1 Å². The van der Waals surface area contributed by atoms with Gasteiger partial charge in [0.1, 0.15) is 0 Å². The molecule has 1 aliphatic heterocycles. The lowest BCUT2D eigenvalue weighted by atomic mass is 9.84. The summed E-state index contributed by atoms with van der Waals surface area (Å²) in [5.41, 5.74) is 9.67. The van der Waals surface area contributed by atoms with E-state index in [4.69, 9.17) is 17.3 Å². The van der Waals surface area contributed by atoms with Crippen LogP contribution in [0.4, 0.5) is 0 Å². The maximum Gasteiger partial charge on any atom is 0.246 e. The van der Waals surface area contributed by atoms with Crippen molar-refractivity contribution in [3.05, 3.63) is 81.2 Å². The van der Waals surface area contributed by atoms with Crippen LogP contribution in [0.2, 0.25) is 4.34 Å². The lowest BCUT2D eigenvalue weighted by Crippen LogP contribution is -2.37. The van der Waals surface area contributed by atoms with Gasteiger partial charge in [0.2, 0.25) is 5.91 Å². The molecule has 2 heterocycles. The summed E-state index contributed by atoms with van der Waals surface area (Å²) in [6.45, 7) is 4.76. The van der Waals surface area contributed by atoms with Gasteiger partial charge in [0, 0.05) is 30.0 Å². The Hall–Kier alpha value is -2.37. The Morgan fingerprint density at radius 3 is 2.88 bits per heavy atom. The number of nitrogens with zero attached hydrogens (tertiary/aromatic N) is 2. The summed E-state index contributed by atoms with van der Waals surface area (Å²) in [7, 11) is 1.74. The van der Waals surface area contributed by atoms with E-state index in [1.165, 1.54) is 29.2 Å². The molecule has 26 heavy (non-hydrogen) atoms. The molecule has 0 saturated carbocycles. The second kappa shape index (κ2) is 7.89. The fourth-order valence-corrected chi connectivity index (χ4v) is 4.71. The van der Waals surface area contributed by atoms with Crippen molar-refractivity contribution in [1.29, 1.82) is 0 Å². The Morgan fingerprint density at radius 1 is 1.42 bits per heavy atom. The number of amides is 1. The zero-order valence-corrected chi connectivity index (χ0v) is 16.1. The number of rotatable bonds is 4. The molecule has 1 atom stereocenters. The molecule has 4 nitrogen and oxygen atoms in total. The number of hydrogen-bond acceptors (Lipinski definition) is 4. The Balaban J connectivity index is 2.13. The van der Waals surface area contributed by atoms with Crippen LogP contribution < -0.4 is 5.73 Å². The molecule has 1 aromatic carbocycles. The highest BCUT2D eigenvalue weighted by Gasteiger charge is 2.31. The predicted molar refractivity (Wildman–Crippen MR) is 109 cm³/mol. The molecular weight excluding hydrogens is 366 g/mol. The third-order valence-corrected chi connectivity index (χ3v) is 5.78. The average molecular weight is 386 g/mol. The summed E-state index contributed by atoms with van der Waals surface area (Å²) in [5.74, 6) is -0.0561. The van der Waals surface area contributed by atoms with Crippen LogP contribution in [-0.2, 0) is 11.3 Å². The minimum absolute atomic E-state index is 0.0190. The third kappa shape index (κ3) is 3.45. The molecule has 6 heteroatoms. The first-order valence-electron chi connectivity index (χ1n) is 8.22. The second-order valence-electron chi connectivity index (χ2n) is 5.96. The van der Waals surface area contributed by atoms with Crippen molar-refractivity contribution in [2.45, 2.75) is 12.5 Å². The van der Waals surface area contributed by atoms with Crippen molar-refractivity contribution < 1.29 is 4.79 Å². The quantitative estimate of drug-likeness (QED) is 0.639. The number of nitrogens with two attached hydrogens (primary N) is 1. The summed E-state index contributed by atoms with van der Waals surface area (Å²) in [4.78, 5) is 19.6. The topological polar surface area (TPSA) is 58.7 Å². The maximum absolute atomic E-state index is 12.3. The molecule has 0 spiro atoms. The van der Waals surface area contributed by atoms with Gasteiger partial charge in [-0.05, 0) is 35.5 Å². The molecule has 0 bridgehead atoms. The van der Waals surface area contributed by atoms with Gasteiger partial charge < -0.3 is 10.6 Å². The SMILES string of the molecule is C=CC(=O)N1Cc2sc(Cl)cc2[C@H](c2ccccc2C(/C=C\N)=NC)C1. The number of thiophene rings is 1. The van der Waals surface area contributed by atoms with Crippen LogP contribution in [0.3, 0.4) is 0 Å². The second-order valence-corrected chi connectivity index (χ2v) is 7.73. The van der Waals surface area contributed by atoms with Crippen LogP contribution in [0.25, 0.3) is 0 Å². The van der Waals surface area contributed by atoms with Crippen LogP contribution in [0, 0.1) is 0 Å². The van der Waals surface area contributed by atoms with E-state index in [1.807, 2.05) is 29.2 Å². The number of carbonyl (C=O) groups is 1. The monoisotopic (exact) mass is 385 g/mol. The molecule has 0 saturated heterocycles. The number of benzene rings is 1. The molecule has 0 aliphatic carbocycles. The summed E-state index contributed by atoms with van der Waals surface area (Å²) in [5, 5.41) is 0. The smallest absolute Gasteiger partial charge is 0.246 e. The first-order chi connectivity index (χ1) is 12.6. The van der Waals surface area contributed by atoms with Crippen LogP contribution in [-0.4, -0.2) is 30.1 Å². The number of carbonyl (C=O) groups excluding carboxylic acids is 1. The minimum Gasteiger partial charge on any atom is -0.405 e. The number of aliphatic imine (C=N–C) groups is 1. The van der Waals surface area contributed by atoms with Gasteiger partial charge in [-0.2, -0.15) is 0 Å². The number of hydrogen-bond donors (Lipinski definition) is 1. The van der Waals surface area contributed by atoms with Gasteiger partial charge in [0.05, 0.1) is 16.6 Å². The van der Waals surface area contributed by atoms with Gasteiger partial charge in [-0.1, -0.05) is 42.4 Å². The van der Waals surface area contributed by atoms with Crippen molar-refractivity contribution in [2.24, 2.45) is 10.7 Å². The Labute approximate surface area is 162 Å². The summed E-state index contributed by atoms with van der Waals surface area (Å²) in [6, 6.07) is 10.1. The summed E-state index contributed by atoms with van der Waals surface area (Å²) in [6.07, 6.45) is 4.63. The number of fused-ring (bicyclic) bond motifs is 1. The Kier molecular flexibility index (Phi) is 5.59. The van der Waals surface area contributed by atoms with Gasteiger partial charge in [-0.25, -0.2) is 0 Å². The van der Waals surface area contributed by atoms with Gasteiger partial charge in [0.25, 0.3) is 0 Å². The molecule has 0 fully saturated rings. The van der Waals surface area contributed by atoms with Crippen LogP contribution in [0.1, 0.15) is 27.5 Å². The minimum atomic E-state index is -0.0751. The van der Waals surface area contributed by atoms with Gasteiger partial charge in [-0.3, -0.25) is 9.79 Å². The van der Waals surface area contributed by atoms with Gasteiger partial charge in [-0.15, -0.1) is 11.3 Å². The molecule has 2 N–H and O–H groups in total. The average Bonchev–Trinajstić information content (AvgIpc) is 3.04. The standard InChI is InChI=1S/C20H20ClN3OS/c1-3-20(25)24-11-16(15-10-19(21)26-18(15)12-24)13-6-4-5-7-14(13)17(23-2)8-9-22/h3-10,16H,1,11-12,22H2,2H3/b9-8-,23-17?/t16-/m0/s1. The fourth-order valence-electron chi connectivity index (χ4n) is 3.36. The highest BCUT2D eigenvalue weighted by molar-refractivity contribution is 7.16. The number of allylic oxidation sites excluding steroid dienone is 1.